The van der Waals surface area contributed by atoms with Crippen LogP contribution in [0.2, 0.25) is 5.02 Å². The van der Waals surface area contributed by atoms with Gasteiger partial charge in [0.2, 0.25) is 5.91 Å². The first kappa shape index (κ1) is 16.8. The van der Waals surface area contributed by atoms with Gasteiger partial charge in [0.25, 0.3) is 0 Å². The lowest BCUT2D eigenvalue weighted by atomic mass is 10.1. The maximum Gasteiger partial charge on any atom is 0.330 e. The Labute approximate surface area is 138 Å². The van der Waals surface area contributed by atoms with E-state index in [1.807, 2.05) is 0 Å². The molecular formula is C17H16ClNO4. The average Bonchev–Trinajstić information content (AvgIpc) is 2.55. The van der Waals surface area contributed by atoms with Gasteiger partial charge in [-0.3, -0.25) is 4.79 Å². The lowest BCUT2D eigenvalue weighted by Gasteiger charge is -2.15. The summed E-state index contributed by atoms with van der Waals surface area (Å²) in [5.41, 5.74) is 0.520. The molecule has 5 nitrogen and oxygen atoms in total. The Balaban J connectivity index is 1.85. The van der Waals surface area contributed by atoms with Crippen LogP contribution in [-0.4, -0.2) is 23.6 Å². The summed E-state index contributed by atoms with van der Waals surface area (Å²) in [6, 6.07) is 14.2. The largest absolute Gasteiger partial charge is 0.493 e. The molecule has 120 valence electrons. The molecule has 0 saturated carbocycles. The Bertz CT molecular complexity index is 658. The molecule has 0 fully saturated rings. The van der Waals surface area contributed by atoms with E-state index in [2.05, 4.69) is 5.32 Å². The molecule has 0 radical (unpaired) electrons. The van der Waals surface area contributed by atoms with E-state index in [0.717, 1.165) is 0 Å². The van der Waals surface area contributed by atoms with E-state index in [1.165, 1.54) is 0 Å². The predicted molar refractivity (Wildman–Crippen MR) is 86.5 cm³/mol. The van der Waals surface area contributed by atoms with Gasteiger partial charge in [-0.15, -0.1) is 0 Å². The van der Waals surface area contributed by atoms with Gasteiger partial charge < -0.3 is 15.2 Å². The number of hydrogen-bond acceptors (Lipinski definition) is 3. The van der Waals surface area contributed by atoms with Crippen molar-refractivity contribution in [1.29, 1.82) is 0 Å². The van der Waals surface area contributed by atoms with E-state index in [1.54, 1.807) is 54.6 Å². The minimum atomic E-state index is -1.11. The van der Waals surface area contributed by atoms with E-state index >= 15 is 0 Å². The Morgan fingerprint density at radius 2 is 1.74 bits per heavy atom. The minimum Gasteiger partial charge on any atom is -0.493 e. The maximum absolute atomic E-state index is 11.9. The first-order valence-electron chi connectivity index (χ1n) is 7.02. The van der Waals surface area contributed by atoms with Gasteiger partial charge >= 0.3 is 5.97 Å². The third-order valence-electron chi connectivity index (χ3n) is 3.10. The van der Waals surface area contributed by atoms with Crippen molar-refractivity contribution >= 4 is 23.5 Å². The van der Waals surface area contributed by atoms with Crippen LogP contribution >= 0.6 is 11.6 Å². The summed E-state index contributed by atoms with van der Waals surface area (Å²) in [7, 11) is 0. The average molecular weight is 334 g/mol. The number of nitrogens with one attached hydrogen (secondary N) is 1. The second-order valence-corrected chi connectivity index (χ2v) is 5.24. The number of carbonyl (C=O) groups excluding carboxylic acids is 1. The summed E-state index contributed by atoms with van der Waals surface area (Å²) < 4.78 is 5.41. The van der Waals surface area contributed by atoms with E-state index < -0.39 is 17.9 Å². The van der Waals surface area contributed by atoms with Crippen molar-refractivity contribution in [1.82, 2.24) is 5.32 Å². The Morgan fingerprint density at radius 3 is 2.35 bits per heavy atom. The number of ether oxygens (including phenoxy) is 1. The van der Waals surface area contributed by atoms with Crippen LogP contribution in [0.1, 0.15) is 18.0 Å². The first-order valence-corrected chi connectivity index (χ1v) is 7.39. The molecule has 1 atom stereocenters. The minimum absolute atomic E-state index is 0.0548. The molecule has 2 aromatic rings. The molecule has 0 aliphatic carbocycles. The molecule has 2 N–H and O–H groups in total. The monoisotopic (exact) mass is 333 g/mol. The van der Waals surface area contributed by atoms with Gasteiger partial charge in [0.15, 0.2) is 6.04 Å². The number of aliphatic carboxylic acids is 1. The highest BCUT2D eigenvalue weighted by Gasteiger charge is 2.21. The standard InChI is InChI=1S/C17H16ClNO4/c18-13-6-8-14(9-7-13)23-11-10-15(20)19-16(17(21)22)12-4-2-1-3-5-12/h1-9,16H,10-11H2,(H,19,20)(H,21,22). The van der Waals surface area contributed by atoms with Crippen LogP contribution in [0.5, 0.6) is 5.75 Å². The van der Waals surface area contributed by atoms with Gasteiger partial charge in [-0.2, -0.15) is 0 Å². The lowest BCUT2D eigenvalue weighted by molar-refractivity contribution is -0.142. The van der Waals surface area contributed by atoms with Crippen molar-refractivity contribution in [3.8, 4) is 5.75 Å². The number of rotatable bonds is 7. The molecule has 23 heavy (non-hydrogen) atoms. The highest BCUT2D eigenvalue weighted by Crippen LogP contribution is 2.16. The quantitative estimate of drug-likeness (QED) is 0.816. The Morgan fingerprint density at radius 1 is 1.09 bits per heavy atom. The highest BCUT2D eigenvalue weighted by atomic mass is 35.5. The van der Waals surface area contributed by atoms with Crippen LogP contribution < -0.4 is 10.1 Å². The van der Waals surface area contributed by atoms with Crippen LogP contribution in [0, 0.1) is 0 Å². The van der Waals surface area contributed by atoms with Crippen LogP contribution in [-0.2, 0) is 9.59 Å². The third-order valence-corrected chi connectivity index (χ3v) is 3.35. The van der Waals surface area contributed by atoms with Gasteiger partial charge in [0.1, 0.15) is 5.75 Å². The second-order valence-electron chi connectivity index (χ2n) is 4.80. The molecule has 0 bridgehead atoms. The van der Waals surface area contributed by atoms with Crippen molar-refractivity contribution < 1.29 is 19.4 Å². The van der Waals surface area contributed by atoms with Crippen molar-refractivity contribution in [2.75, 3.05) is 6.61 Å². The smallest absolute Gasteiger partial charge is 0.330 e. The predicted octanol–water partition coefficient (Wildman–Crippen LogP) is 3.05. The molecule has 2 rings (SSSR count). The summed E-state index contributed by atoms with van der Waals surface area (Å²) in [4.78, 5) is 23.2. The summed E-state index contributed by atoms with van der Waals surface area (Å²) in [5.74, 6) is -0.904. The Kier molecular flexibility index (Phi) is 6.00. The fourth-order valence-corrected chi connectivity index (χ4v) is 2.08. The van der Waals surface area contributed by atoms with Crippen LogP contribution in [0.25, 0.3) is 0 Å². The summed E-state index contributed by atoms with van der Waals surface area (Å²) >= 11 is 5.77. The number of benzene rings is 2. The fraction of sp³-hybridized carbons (Fsp3) is 0.176. The summed E-state index contributed by atoms with van der Waals surface area (Å²) in [5, 5.41) is 12.3. The lowest BCUT2D eigenvalue weighted by Crippen LogP contribution is -2.34. The van der Waals surface area contributed by atoms with Gasteiger partial charge in [-0.25, -0.2) is 4.79 Å². The normalized spacial score (nSPS) is 11.5. The van der Waals surface area contributed by atoms with E-state index in [9.17, 15) is 14.7 Å². The molecule has 0 spiro atoms. The molecule has 2 aromatic carbocycles. The number of carbonyl (C=O) groups is 2. The number of carboxylic acid groups (broad SMARTS) is 1. The zero-order valence-electron chi connectivity index (χ0n) is 12.2. The third kappa shape index (κ3) is 5.30. The zero-order chi connectivity index (χ0) is 16.7. The van der Waals surface area contributed by atoms with Gasteiger partial charge in [0.05, 0.1) is 13.0 Å². The van der Waals surface area contributed by atoms with Crippen molar-refractivity contribution in [2.24, 2.45) is 0 Å². The van der Waals surface area contributed by atoms with E-state index in [-0.39, 0.29) is 13.0 Å². The number of amides is 1. The van der Waals surface area contributed by atoms with Gasteiger partial charge in [-0.1, -0.05) is 41.9 Å². The van der Waals surface area contributed by atoms with E-state index in [0.29, 0.717) is 16.3 Å². The topological polar surface area (TPSA) is 75.6 Å². The second kappa shape index (κ2) is 8.19. The summed E-state index contributed by atoms with van der Waals surface area (Å²) in [6.45, 7) is 0.147. The molecular weight excluding hydrogens is 318 g/mol. The van der Waals surface area contributed by atoms with Crippen molar-refractivity contribution in [3.05, 3.63) is 65.2 Å². The van der Waals surface area contributed by atoms with Crippen LogP contribution in [0.3, 0.4) is 0 Å². The maximum atomic E-state index is 11.9. The first-order chi connectivity index (χ1) is 11.1. The van der Waals surface area contributed by atoms with Crippen molar-refractivity contribution in [2.45, 2.75) is 12.5 Å². The Hall–Kier alpha value is -2.53. The molecule has 0 aliphatic rings. The SMILES string of the molecule is O=C(CCOc1ccc(Cl)cc1)NC(C(=O)O)c1ccccc1. The molecule has 0 aliphatic heterocycles. The molecule has 1 unspecified atom stereocenters. The molecule has 1 amide bonds. The molecule has 0 aromatic heterocycles. The zero-order valence-corrected chi connectivity index (χ0v) is 13.0. The van der Waals surface area contributed by atoms with Crippen molar-refractivity contribution in [3.63, 3.8) is 0 Å². The van der Waals surface area contributed by atoms with Crippen LogP contribution in [0.4, 0.5) is 0 Å². The molecule has 0 heterocycles. The van der Waals surface area contributed by atoms with Crippen LogP contribution in [0.15, 0.2) is 54.6 Å². The summed E-state index contributed by atoms with van der Waals surface area (Å²) in [6.07, 6.45) is 0.0548. The molecule has 0 saturated heterocycles. The number of carboxylic acids is 1. The van der Waals surface area contributed by atoms with E-state index in [4.69, 9.17) is 16.3 Å². The highest BCUT2D eigenvalue weighted by molar-refractivity contribution is 6.30. The van der Waals surface area contributed by atoms with Gasteiger partial charge in [0, 0.05) is 5.02 Å². The fourth-order valence-electron chi connectivity index (χ4n) is 1.96. The molecule has 6 heteroatoms. The number of halogens is 1. The van der Waals surface area contributed by atoms with Gasteiger partial charge in [-0.05, 0) is 29.8 Å². The number of hydrogen-bond donors (Lipinski definition) is 2.